The van der Waals surface area contributed by atoms with E-state index >= 15 is 0 Å². The minimum absolute atomic E-state index is 0.0788. The number of amides is 1. The molecule has 0 aromatic heterocycles. The van der Waals surface area contributed by atoms with E-state index in [1.54, 1.807) is 12.1 Å². The fraction of sp³-hybridized carbons (Fsp3) is 0.222. The highest BCUT2D eigenvalue weighted by Crippen LogP contribution is 2.42. The van der Waals surface area contributed by atoms with Gasteiger partial charge in [-0.25, -0.2) is 0 Å². The molecule has 2 rings (SSSR count). The minimum Gasteiger partial charge on any atom is -0.507 e. The predicted octanol–water partition coefficient (Wildman–Crippen LogP) is 4.37. The van der Waals surface area contributed by atoms with Crippen molar-refractivity contribution in [3.05, 3.63) is 50.4 Å². The van der Waals surface area contributed by atoms with Gasteiger partial charge in [0.2, 0.25) is 0 Å². The largest absolute Gasteiger partial charge is 0.507 e. The van der Waals surface area contributed by atoms with Crippen LogP contribution in [-0.2, 0) is 14.7 Å². The summed E-state index contributed by atoms with van der Waals surface area (Å²) in [5, 5.41) is 29.5. The van der Waals surface area contributed by atoms with E-state index in [0.717, 1.165) is 0 Å². The number of rotatable bonds is 8. The van der Waals surface area contributed by atoms with Crippen LogP contribution >= 0.6 is 40.3 Å². The standard InChI is InChI=1S/C18H16Br2NO7P/c1-18(26,29-27)9-6-12(19)16(13(20)7-9)28-10-2-3-14(22)11(8-10)17(25)21-5-4-15(23)24/h2-3,6-8,22,26H,4-5H2,1H3,(H,21,25)(H,23,24). The van der Waals surface area contributed by atoms with Crippen molar-refractivity contribution >= 4 is 52.2 Å². The number of benzene rings is 2. The van der Waals surface area contributed by atoms with Crippen LogP contribution in [0.4, 0.5) is 0 Å². The number of carboxylic acids is 1. The first kappa shape index (κ1) is 23.3. The number of aromatic hydroxyl groups is 1. The molecule has 2 aromatic rings. The molecule has 29 heavy (non-hydrogen) atoms. The van der Waals surface area contributed by atoms with Crippen LogP contribution in [0.5, 0.6) is 17.2 Å². The Balaban J connectivity index is 2.28. The maximum atomic E-state index is 12.2. The lowest BCUT2D eigenvalue weighted by atomic mass is 10.1. The number of aliphatic hydroxyl groups is 1. The number of carbonyl (C=O) groups is 2. The molecule has 0 saturated carbocycles. The van der Waals surface area contributed by atoms with E-state index in [9.17, 15) is 24.4 Å². The molecule has 11 heteroatoms. The van der Waals surface area contributed by atoms with Gasteiger partial charge < -0.3 is 25.4 Å². The van der Waals surface area contributed by atoms with Gasteiger partial charge in [0.15, 0.2) is 19.6 Å². The molecule has 0 spiro atoms. The lowest BCUT2D eigenvalue weighted by molar-refractivity contribution is -0.136. The average molecular weight is 549 g/mol. The van der Waals surface area contributed by atoms with Crippen molar-refractivity contribution in [1.82, 2.24) is 5.32 Å². The van der Waals surface area contributed by atoms with Crippen molar-refractivity contribution in [2.75, 3.05) is 6.54 Å². The zero-order valence-corrected chi connectivity index (χ0v) is 19.0. The maximum Gasteiger partial charge on any atom is 0.305 e. The number of hydrogen-bond donors (Lipinski definition) is 4. The topological polar surface area (TPSA) is 133 Å². The first-order valence-corrected chi connectivity index (χ1v) is 10.5. The molecule has 0 fully saturated rings. The summed E-state index contributed by atoms with van der Waals surface area (Å²) in [7, 11) is -0.466. The fourth-order valence-corrected chi connectivity index (χ4v) is 3.82. The molecule has 4 N–H and O–H groups in total. The predicted molar refractivity (Wildman–Crippen MR) is 112 cm³/mol. The van der Waals surface area contributed by atoms with Gasteiger partial charge in [0.05, 0.1) is 20.9 Å². The average Bonchev–Trinajstić information content (AvgIpc) is 2.65. The Kier molecular flexibility index (Phi) is 7.76. The number of carboxylic acid groups (broad SMARTS) is 1. The Bertz CT molecular complexity index is 942. The number of aliphatic carboxylic acids is 1. The number of phenolic OH excluding ortho intramolecular Hbond substituents is 1. The third-order valence-corrected chi connectivity index (χ3v) is 5.57. The molecule has 0 saturated heterocycles. The van der Waals surface area contributed by atoms with E-state index < -0.39 is 25.7 Å². The molecule has 0 radical (unpaired) electrons. The van der Waals surface area contributed by atoms with E-state index in [-0.39, 0.29) is 30.0 Å². The summed E-state index contributed by atoms with van der Waals surface area (Å²) < 4.78 is 17.9. The summed E-state index contributed by atoms with van der Waals surface area (Å²) in [6.07, 6.45) is -0.249. The first-order chi connectivity index (χ1) is 13.5. The Hall–Kier alpha value is -2.00. The summed E-state index contributed by atoms with van der Waals surface area (Å²) in [5.74, 6) is -1.43. The van der Waals surface area contributed by atoms with Crippen LogP contribution in [0.1, 0.15) is 29.3 Å². The van der Waals surface area contributed by atoms with Crippen LogP contribution in [-0.4, -0.2) is 33.7 Å². The zero-order chi connectivity index (χ0) is 21.8. The van der Waals surface area contributed by atoms with Gasteiger partial charge in [-0.05, 0) is 74.7 Å². The monoisotopic (exact) mass is 547 g/mol. The van der Waals surface area contributed by atoms with Crippen molar-refractivity contribution in [3.63, 3.8) is 0 Å². The van der Waals surface area contributed by atoms with Crippen molar-refractivity contribution in [2.45, 2.75) is 18.7 Å². The van der Waals surface area contributed by atoms with Gasteiger partial charge >= 0.3 is 5.97 Å². The number of carbonyl (C=O) groups excluding carboxylic acids is 1. The molecule has 8 nitrogen and oxygen atoms in total. The Labute approximate surface area is 184 Å². The van der Waals surface area contributed by atoms with Crippen molar-refractivity contribution in [2.24, 2.45) is 0 Å². The smallest absolute Gasteiger partial charge is 0.305 e. The molecule has 1 unspecified atom stereocenters. The van der Waals surface area contributed by atoms with Crippen LogP contribution < -0.4 is 10.1 Å². The van der Waals surface area contributed by atoms with Gasteiger partial charge in [-0.15, -0.1) is 0 Å². The lowest BCUT2D eigenvalue weighted by Gasteiger charge is -2.18. The summed E-state index contributed by atoms with van der Waals surface area (Å²) >= 11 is 6.66. The molecule has 0 aliphatic rings. The van der Waals surface area contributed by atoms with Gasteiger partial charge in [0, 0.05) is 6.54 Å². The SMILES string of the molecule is CC(O)(P=O)c1cc(Br)c(Oc2ccc(O)c(C(=O)NCCC(=O)O)c2)c(Br)c1. The van der Waals surface area contributed by atoms with Crippen LogP contribution in [0.3, 0.4) is 0 Å². The third-order valence-electron chi connectivity index (χ3n) is 3.78. The number of halogens is 2. The van der Waals surface area contributed by atoms with Crippen molar-refractivity contribution in [3.8, 4) is 17.2 Å². The zero-order valence-electron chi connectivity index (χ0n) is 15.0. The number of phenols is 1. The van der Waals surface area contributed by atoms with Gasteiger partial charge in [-0.2, -0.15) is 0 Å². The molecule has 0 bridgehead atoms. The second kappa shape index (κ2) is 9.67. The van der Waals surface area contributed by atoms with E-state index in [2.05, 4.69) is 37.2 Å². The molecule has 1 amide bonds. The van der Waals surface area contributed by atoms with Crippen LogP contribution in [0.25, 0.3) is 0 Å². The van der Waals surface area contributed by atoms with Crippen LogP contribution in [0.2, 0.25) is 0 Å². The molecule has 2 aromatic carbocycles. The summed E-state index contributed by atoms with van der Waals surface area (Å²) in [6, 6.07) is 7.13. The van der Waals surface area contributed by atoms with Crippen molar-refractivity contribution in [1.29, 1.82) is 0 Å². The van der Waals surface area contributed by atoms with E-state index in [1.807, 2.05) is 0 Å². The number of nitrogens with one attached hydrogen (secondary N) is 1. The Morgan fingerprint density at radius 2 is 1.83 bits per heavy atom. The quantitative estimate of drug-likeness (QED) is 0.360. The maximum absolute atomic E-state index is 12.2. The van der Waals surface area contributed by atoms with Gasteiger partial charge in [-0.1, -0.05) is 0 Å². The third kappa shape index (κ3) is 5.99. The number of ether oxygens (including phenoxy) is 1. The van der Waals surface area contributed by atoms with Gasteiger partial charge in [0.1, 0.15) is 11.5 Å². The highest BCUT2D eigenvalue weighted by Gasteiger charge is 2.26. The summed E-state index contributed by atoms with van der Waals surface area (Å²) in [5.41, 5.74) is 0.300. The fourth-order valence-electron chi connectivity index (χ4n) is 2.24. The molecular weight excluding hydrogens is 533 g/mol. The lowest BCUT2D eigenvalue weighted by Crippen LogP contribution is -2.26. The Morgan fingerprint density at radius 3 is 2.38 bits per heavy atom. The summed E-state index contributed by atoms with van der Waals surface area (Å²) in [6.45, 7) is 1.31. The van der Waals surface area contributed by atoms with Gasteiger partial charge in [-0.3, -0.25) is 14.2 Å². The minimum atomic E-state index is -1.58. The highest BCUT2D eigenvalue weighted by atomic mass is 79.9. The number of hydrogen-bond acceptors (Lipinski definition) is 6. The van der Waals surface area contributed by atoms with E-state index in [0.29, 0.717) is 20.3 Å². The molecule has 154 valence electrons. The van der Waals surface area contributed by atoms with E-state index in [1.165, 1.54) is 25.1 Å². The molecule has 0 heterocycles. The van der Waals surface area contributed by atoms with E-state index in [4.69, 9.17) is 9.84 Å². The Morgan fingerprint density at radius 1 is 1.21 bits per heavy atom. The highest BCUT2D eigenvalue weighted by molar-refractivity contribution is 9.11. The van der Waals surface area contributed by atoms with Crippen LogP contribution in [0, 0.1) is 0 Å². The molecule has 0 aliphatic carbocycles. The second-order valence-corrected chi connectivity index (χ2v) is 8.82. The van der Waals surface area contributed by atoms with Crippen molar-refractivity contribution < 1.29 is 34.2 Å². The molecular formula is C18H16Br2NO7P. The summed E-state index contributed by atoms with van der Waals surface area (Å²) in [4.78, 5) is 22.7. The molecule has 1 atom stereocenters. The van der Waals surface area contributed by atoms with Crippen LogP contribution in [0.15, 0.2) is 39.3 Å². The second-order valence-electron chi connectivity index (χ2n) is 6.06. The van der Waals surface area contributed by atoms with Gasteiger partial charge in [0.25, 0.3) is 5.91 Å². The molecule has 0 aliphatic heterocycles. The first-order valence-electron chi connectivity index (χ1n) is 8.12. The normalized spacial score (nSPS) is 13.0.